The van der Waals surface area contributed by atoms with Crippen molar-refractivity contribution in [3.8, 4) is 5.88 Å². The van der Waals surface area contributed by atoms with Crippen molar-refractivity contribution in [2.75, 3.05) is 29.3 Å². The molecule has 3 N–H and O–H groups in total. The molecule has 17 heteroatoms. The van der Waals surface area contributed by atoms with E-state index in [4.69, 9.17) is 9.47 Å². The van der Waals surface area contributed by atoms with Crippen LogP contribution in [0.4, 0.5) is 48.6 Å². The van der Waals surface area contributed by atoms with Crippen molar-refractivity contribution in [1.82, 2.24) is 15.0 Å². The number of carboxylic acid groups (broad SMARTS) is 1. The SMILES string of the molecule is CCOC(=O)N1c2ccc(OC)nc2[C@@H](Nc2nc(NCc3cc(C(F)(F)F)cc(C(F)(F)F)c3)nc(CCC(=O)O)c2C)C[C@H]1CC. The third-order valence-electron chi connectivity index (χ3n) is 7.72. The number of carbonyl (C=O) groups excluding carboxylic acids is 1. The Morgan fingerprint density at radius 1 is 1.02 bits per heavy atom. The van der Waals surface area contributed by atoms with E-state index in [0.29, 0.717) is 41.9 Å². The van der Waals surface area contributed by atoms with Crippen LogP contribution in [0.1, 0.15) is 72.8 Å². The highest BCUT2D eigenvalue weighted by atomic mass is 19.4. The van der Waals surface area contributed by atoms with Gasteiger partial charge in [-0.2, -0.15) is 31.3 Å². The number of fused-ring (bicyclic) bond motifs is 1. The van der Waals surface area contributed by atoms with Crippen molar-refractivity contribution in [1.29, 1.82) is 0 Å². The molecule has 1 amide bonds. The number of rotatable bonds is 11. The molecule has 3 aromatic rings. The highest BCUT2D eigenvalue weighted by molar-refractivity contribution is 5.90. The fourth-order valence-corrected chi connectivity index (χ4v) is 5.34. The Hall–Kier alpha value is -4.83. The third kappa shape index (κ3) is 8.36. The van der Waals surface area contributed by atoms with Gasteiger partial charge in [0.15, 0.2) is 0 Å². The van der Waals surface area contributed by atoms with E-state index in [1.165, 1.54) is 12.0 Å². The second kappa shape index (κ2) is 14.5. The first-order chi connectivity index (χ1) is 22.5. The molecule has 2 aromatic heterocycles. The molecule has 0 bridgehead atoms. The van der Waals surface area contributed by atoms with E-state index >= 15 is 0 Å². The Balaban J connectivity index is 1.74. The number of pyridine rings is 1. The normalized spacial score (nSPS) is 16.2. The minimum Gasteiger partial charge on any atom is -0.481 e. The Morgan fingerprint density at radius 2 is 1.69 bits per heavy atom. The number of anilines is 3. The predicted molar refractivity (Wildman–Crippen MR) is 162 cm³/mol. The van der Waals surface area contributed by atoms with Crippen LogP contribution in [0.2, 0.25) is 0 Å². The number of carbonyl (C=O) groups is 2. The molecule has 0 spiro atoms. The number of hydrogen-bond acceptors (Lipinski definition) is 9. The molecule has 48 heavy (non-hydrogen) atoms. The van der Waals surface area contributed by atoms with Gasteiger partial charge in [-0.05, 0) is 56.5 Å². The van der Waals surface area contributed by atoms with Crippen LogP contribution in [0.15, 0.2) is 30.3 Å². The predicted octanol–water partition coefficient (Wildman–Crippen LogP) is 7.15. The summed E-state index contributed by atoms with van der Waals surface area (Å²) in [7, 11) is 1.43. The summed E-state index contributed by atoms with van der Waals surface area (Å²) in [6.45, 7) is 4.88. The molecule has 3 heterocycles. The number of nitrogens with one attached hydrogen (secondary N) is 2. The molecule has 0 radical (unpaired) electrons. The van der Waals surface area contributed by atoms with Crippen molar-refractivity contribution in [2.45, 2.75) is 77.4 Å². The number of aliphatic carboxylic acids is 1. The highest BCUT2D eigenvalue weighted by Gasteiger charge is 2.39. The van der Waals surface area contributed by atoms with Gasteiger partial charge in [0.05, 0.1) is 54.4 Å². The number of ether oxygens (including phenoxy) is 2. The van der Waals surface area contributed by atoms with Crippen LogP contribution in [0.5, 0.6) is 5.88 Å². The molecule has 4 rings (SSSR count). The van der Waals surface area contributed by atoms with Crippen LogP contribution in [0.3, 0.4) is 0 Å². The number of halogens is 6. The van der Waals surface area contributed by atoms with E-state index in [2.05, 4.69) is 25.6 Å². The maximum atomic E-state index is 13.4. The largest absolute Gasteiger partial charge is 0.481 e. The number of benzene rings is 1. The number of aryl methyl sites for hydroxylation is 1. The van der Waals surface area contributed by atoms with Gasteiger partial charge in [0.2, 0.25) is 11.8 Å². The molecule has 2 atom stereocenters. The first-order valence-electron chi connectivity index (χ1n) is 14.9. The monoisotopic (exact) mass is 684 g/mol. The number of amides is 1. The Labute approximate surface area is 271 Å². The standard InChI is InChI=1S/C31H34F6N6O5/c1-5-20-14-22(26-23(8-9-24(41-26)47-4)43(20)29(46)48-6-2)39-27-16(3)21(7-10-25(44)45)40-28(42-27)38-15-17-11-18(30(32,33)34)13-19(12-17)31(35,36)37/h8-9,11-13,20,22H,5-7,10,14-15H2,1-4H3,(H,44,45)(H2,38,39,40,42)/t20-,22+/m1/s1. The third-order valence-corrected chi connectivity index (χ3v) is 7.72. The van der Waals surface area contributed by atoms with Crippen LogP contribution in [-0.4, -0.2) is 51.9 Å². The molecule has 0 unspecified atom stereocenters. The van der Waals surface area contributed by atoms with Crippen molar-refractivity contribution in [3.63, 3.8) is 0 Å². The molecule has 0 aliphatic carbocycles. The minimum atomic E-state index is -5.02. The highest BCUT2D eigenvalue weighted by Crippen LogP contribution is 2.41. The number of nitrogens with zero attached hydrogens (tertiary/aromatic N) is 4. The van der Waals surface area contributed by atoms with Gasteiger partial charge >= 0.3 is 24.4 Å². The fraction of sp³-hybridized carbons (Fsp3) is 0.452. The molecule has 1 aliphatic heterocycles. The Kier molecular flexibility index (Phi) is 10.9. The molecular weight excluding hydrogens is 650 g/mol. The summed E-state index contributed by atoms with van der Waals surface area (Å²) in [5.41, 5.74) is -1.63. The quantitative estimate of drug-likeness (QED) is 0.179. The Bertz CT molecular complexity index is 1620. The fourth-order valence-electron chi connectivity index (χ4n) is 5.34. The molecule has 260 valence electrons. The summed E-state index contributed by atoms with van der Waals surface area (Å²) in [5.74, 6) is -0.789. The lowest BCUT2D eigenvalue weighted by molar-refractivity contribution is -0.143. The number of carboxylic acids is 1. The zero-order valence-corrected chi connectivity index (χ0v) is 26.4. The van der Waals surface area contributed by atoms with Gasteiger partial charge in [-0.3, -0.25) is 9.69 Å². The number of aromatic nitrogens is 3. The van der Waals surface area contributed by atoms with Gasteiger partial charge in [-0.25, -0.2) is 14.8 Å². The number of alkyl halides is 6. The van der Waals surface area contributed by atoms with E-state index in [-0.39, 0.29) is 60.5 Å². The van der Waals surface area contributed by atoms with Crippen molar-refractivity contribution in [3.05, 3.63) is 64.0 Å². The average molecular weight is 685 g/mol. The number of methoxy groups -OCH3 is 1. The summed E-state index contributed by atoms with van der Waals surface area (Å²) in [5, 5.41) is 15.3. The van der Waals surface area contributed by atoms with Gasteiger partial charge in [-0.15, -0.1) is 0 Å². The first-order valence-corrected chi connectivity index (χ1v) is 14.9. The van der Waals surface area contributed by atoms with Crippen LogP contribution < -0.4 is 20.3 Å². The number of hydrogen-bond donors (Lipinski definition) is 3. The van der Waals surface area contributed by atoms with E-state index in [1.807, 2.05) is 6.92 Å². The van der Waals surface area contributed by atoms with E-state index < -0.39 is 48.1 Å². The van der Waals surface area contributed by atoms with Gasteiger partial charge in [0, 0.05) is 30.6 Å². The van der Waals surface area contributed by atoms with Crippen molar-refractivity contribution < 1.29 is 50.5 Å². The van der Waals surface area contributed by atoms with Gasteiger partial charge in [0.25, 0.3) is 0 Å². The van der Waals surface area contributed by atoms with Crippen molar-refractivity contribution >= 4 is 29.5 Å². The minimum absolute atomic E-state index is 0.0373. The summed E-state index contributed by atoms with van der Waals surface area (Å²) in [6.07, 6.45) is -10.1. The lowest BCUT2D eigenvalue weighted by Gasteiger charge is -2.39. The molecule has 1 aromatic carbocycles. The zero-order chi connectivity index (χ0) is 35.4. The summed E-state index contributed by atoms with van der Waals surface area (Å²) in [6, 6.07) is 3.60. The van der Waals surface area contributed by atoms with Gasteiger partial charge in [0.1, 0.15) is 5.82 Å². The molecular formula is C31H34F6N6O5. The Morgan fingerprint density at radius 3 is 2.25 bits per heavy atom. The average Bonchev–Trinajstić information content (AvgIpc) is 3.02. The first kappa shape index (κ1) is 36.0. The summed E-state index contributed by atoms with van der Waals surface area (Å²) >= 11 is 0. The molecule has 0 saturated carbocycles. The van der Waals surface area contributed by atoms with Crippen LogP contribution >= 0.6 is 0 Å². The lowest BCUT2D eigenvalue weighted by atomic mass is 9.93. The van der Waals surface area contributed by atoms with E-state index in [1.54, 1.807) is 26.0 Å². The van der Waals surface area contributed by atoms with Crippen LogP contribution in [0.25, 0.3) is 0 Å². The molecule has 11 nitrogen and oxygen atoms in total. The second-order valence-electron chi connectivity index (χ2n) is 11.0. The van der Waals surface area contributed by atoms with E-state index in [9.17, 15) is 41.0 Å². The maximum Gasteiger partial charge on any atom is 0.416 e. The summed E-state index contributed by atoms with van der Waals surface area (Å²) < 4.78 is 91.2. The topological polar surface area (TPSA) is 139 Å². The maximum absolute atomic E-state index is 13.4. The smallest absolute Gasteiger partial charge is 0.416 e. The van der Waals surface area contributed by atoms with Gasteiger partial charge < -0.3 is 25.2 Å². The molecule has 0 saturated heterocycles. The second-order valence-corrected chi connectivity index (χ2v) is 11.0. The lowest BCUT2D eigenvalue weighted by Crippen LogP contribution is -2.46. The summed E-state index contributed by atoms with van der Waals surface area (Å²) in [4.78, 5) is 39.3. The van der Waals surface area contributed by atoms with Crippen LogP contribution in [-0.2, 0) is 34.8 Å². The zero-order valence-electron chi connectivity index (χ0n) is 26.4. The van der Waals surface area contributed by atoms with Gasteiger partial charge in [-0.1, -0.05) is 6.92 Å². The van der Waals surface area contributed by atoms with Crippen molar-refractivity contribution in [2.24, 2.45) is 0 Å². The molecule has 1 aliphatic rings. The van der Waals surface area contributed by atoms with E-state index in [0.717, 1.165) is 0 Å². The molecule has 0 fully saturated rings. The van der Waals surface area contributed by atoms with Crippen LogP contribution in [0, 0.1) is 6.92 Å².